The summed E-state index contributed by atoms with van der Waals surface area (Å²) < 4.78 is 0. The number of nitrogens with zero attached hydrogens (tertiary/aromatic N) is 1. The molecule has 2 atom stereocenters. The SMILES string of the molecule is CCC(CC)N(C)C(C)C(C)CN. The highest BCUT2D eigenvalue weighted by molar-refractivity contribution is 4.76. The van der Waals surface area contributed by atoms with E-state index in [1.165, 1.54) is 12.8 Å². The molecule has 0 rings (SSSR count). The maximum absolute atomic E-state index is 5.67. The van der Waals surface area contributed by atoms with Crippen molar-refractivity contribution >= 4 is 0 Å². The van der Waals surface area contributed by atoms with Crippen LogP contribution in [0.2, 0.25) is 0 Å². The first kappa shape index (κ1) is 12.9. The van der Waals surface area contributed by atoms with Crippen LogP contribution in [-0.2, 0) is 0 Å². The monoisotopic (exact) mass is 186 g/mol. The molecule has 0 amide bonds. The van der Waals surface area contributed by atoms with E-state index in [0.717, 1.165) is 6.54 Å². The quantitative estimate of drug-likeness (QED) is 0.688. The van der Waals surface area contributed by atoms with Crippen molar-refractivity contribution in [3.8, 4) is 0 Å². The molecular formula is C11H26N2. The van der Waals surface area contributed by atoms with Gasteiger partial charge in [-0.1, -0.05) is 20.8 Å². The summed E-state index contributed by atoms with van der Waals surface area (Å²) >= 11 is 0. The molecule has 0 fully saturated rings. The molecule has 2 N–H and O–H groups in total. The summed E-state index contributed by atoms with van der Waals surface area (Å²) in [5.74, 6) is 0.589. The van der Waals surface area contributed by atoms with Gasteiger partial charge < -0.3 is 10.6 Å². The lowest BCUT2D eigenvalue weighted by Crippen LogP contribution is -2.43. The Morgan fingerprint density at radius 1 is 1.15 bits per heavy atom. The van der Waals surface area contributed by atoms with Crippen molar-refractivity contribution < 1.29 is 0 Å². The molecule has 0 aromatic rings. The van der Waals surface area contributed by atoms with Crippen LogP contribution in [0.5, 0.6) is 0 Å². The zero-order valence-corrected chi connectivity index (χ0v) is 9.88. The van der Waals surface area contributed by atoms with Crippen LogP contribution in [0.1, 0.15) is 40.5 Å². The predicted molar refractivity (Wildman–Crippen MR) is 59.8 cm³/mol. The Balaban J connectivity index is 4.13. The molecule has 0 radical (unpaired) electrons. The Morgan fingerprint density at radius 2 is 1.62 bits per heavy atom. The molecule has 0 saturated heterocycles. The molecule has 0 aliphatic heterocycles. The van der Waals surface area contributed by atoms with Gasteiger partial charge in [0.2, 0.25) is 0 Å². The average Bonchev–Trinajstić information content (AvgIpc) is 2.17. The number of nitrogens with two attached hydrogens (primary N) is 1. The highest BCUT2D eigenvalue weighted by Crippen LogP contribution is 2.15. The fraction of sp³-hybridized carbons (Fsp3) is 1.00. The van der Waals surface area contributed by atoms with Gasteiger partial charge in [-0.3, -0.25) is 0 Å². The van der Waals surface area contributed by atoms with Crippen LogP contribution < -0.4 is 5.73 Å². The summed E-state index contributed by atoms with van der Waals surface area (Å²) in [6.45, 7) is 9.79. The molecule has 0 bridgehead atoms. The Hall–Kier alpha value is -0.0800. The highest BCUT2D eigenvalue weighted by atomic mass is 15.2. The standard InChI is InChI=1S/C11H26N2/c1-6-11(7-2)13(5)10(4)9(3)8-12/h9-11H,6-8,12H2,1-5H3. The summed E-state index contributed by atoms with van der Waals surface area (Å²) in [4.78, 5) is 2.47. The van der Waals surface area contributed by atoms with Crippen LogP contribution in [-0.4, -0.2) is 30.6 Å². The second-order valence-electron chi connectivity index (χ2n) is 4.09. The van der Waals surface area contributed by atoms with Crippen LogP contribution in [0.4, 0.5) is 0 Å². The zero-order valence-electron chi connectivity index (χ0n) is 9.88. The van der Waals surface area contributed by atoms with Gasteiger partial charge in [-0.05, 0) is 39.3 Å². The average molecular weight is 186 g/mol. The van der Waals surface area contributed by atoms with Gasteiger partial charge in [0.1, 0.15) is 0 Å². The molecule has 13 heavy (non-hydrogen) atoms. The summed E-state index contributed by atoms with van der Waals surface area (Å²) in [7, 11) is 2.22. The second kappa shape index (κ2) is 6.39. The first-order valence-electron chi connectivity index (χ1n) is 5.50. The van der Waals surface area contributed by atoms with E-state index in [1.54, 1.807) is 0 Å². The van der Waals surface area contributed by atoms with Gasteiger partial charge >= 0.3 is 0 Å². The van der Waals surface area contributed by atoms with E-state index < -0.39 is 0 Å². The summed E-state index contributed by atoms with van der Waals surface area (Å²) in [5, 5.41) is 0. The van der Waals surface area contributed by atoms with Crippen molar-refractivity contribution in [1.29, 1.82) is 0 Å². The van der Waals surface area contributed by atoms with E-state index >= 15 is 0 Å². The van der Waals surface area contributed by atoms with Crippen LogP contribution in [0, 0.1) is 5.92 Å². The predicted octanol–water partition coefficient (Wildman–Crippen LogP) is 2.09. The molecule has 80 valence electrons. The smallest absolute Gasteiger partial charge is 0.0104 e. The van der Waals surface area contributed by atoms with E-state index in [4.69, 9.17) is 5.73 Å². The van der Waals surface area contributed by atoms with Gasteiger partial charge in [0.05, 0.1) is 0 Å². The van der Waals surface area contributed by atoms with E-state index in [2.05, 4.69) is 39.6 Å². The summed E-state index contributed by atoms with van der Waals surface area (Å²) in [6.07, 6.45) is 2.46. The fourth-order valence-corrected chi connectivity index (χ4v) is 1.80. The molecule has 0 aliphatic rings. The van der Waals surface area contributed by atoms with E-state index in [-0.39, 0.29) is 0 Å². The first-order chi connectivity index (χ1) is 6.08. The lowest BCUT2D eigenvalue weighted by atomic mass is 9.99. The third kappa shape index (κ3) is 3.65. The van der Waals surface area contributed by atoms with Gasteiger partial charge in [0, 0.05) is 12.1 Å². The maximum atomic E-state index is 5.67. The van der Waals surface area contributed by atoms with Crippen molar-refractivity contribution in [1.82, 2.24) is 4.90 Å². The van der Waals surface area contributed by atoms with Crippen molar-refractivity contribution in [2.45, 2.75) is 52.6 Å². The lowest BCUT2D eigenvalue weighted by Gasteiger charge is -2.35. The van der Waals surface area contributed by atoms with Crippen LogP contribution in [0.3, 0.4) is 0 Å². The van der Waals surface area contributed by atoms with Gasteiger partial charge in [0.25, 0.3) is 0 Å². The third-order valence-electron chi connectivity index (χ3n) is 3.36. The number of hydrogen-bond acceptors (Lipinski definition) is 2. The molecule has 0 heterocycles. The van der Waals surface area contributed by atoms with Crippen LogP contribution in [0.25, 0.3) is 0 Å². The molecular weight excluding hydrogens is 160 g/mol. The van der Waals surface area contributed by atoms with Crippen molar-refractivity contribution in [3.05, 3.63) is 0 Å². The van der Waals surface area contributed by atoms with Crippen LogP contribution >= 0.6 is 0 Å². The van der Waals surface area contributed by atoms with Gasteiger partial charge in [-0.15, -0.1) is 0 Å². The molecule has 0 aromatic heterocycles. The van der Waals surface area contributed by atoms with Gasteiger partial charge in [-0.2, -0.15) is 0 Å². The minimum absolute atomic E-state index is 0.589. The Bertz CT molecular complexity index is 121. The molecule has 0 aliphatic carbocycles. The number of rotatable bonds is 6. The van der Waals surface area contributed by atoms with E-state index in [1.807, 2.05) is 0 Å². The largest absolute Gasteiger partial charge is 0.330 e. The highest BCUT2D eigenvalue weighted by Gasteiger charge is 2.20. The first-order valence-corrected chi connectivity index (χ1v) is 5.50. The van der Waals surface area contributed by atoms with Crippen molar-refractivity contribution in [2.24, 2.45) is 11.7 Å². The molecule has 0 saturated carbocycles. The minimum Gasteiger partial charge on any atom is -0.330 e. The summed E-state index contributed by atoms with van der Waals surface area (Å²) in [6, 6.07) is 1.30. The molecule has 2 heteroatoms. The maximum Gasteiger partial charge on any atom is 0.0104 e. The lowest BCUT2D eigenvalue weighted by molar-refractivity contribution is 0.137. The Labute approximate surface area is 83.5 Å². The summed E-state index contributed by atoms with van der Waals surface area (Å²) in [5.41, 5.74) is 5.67. The molecule has 2 nitrogen and oxygen atoms in total. The van der Waals surface area contributed by atoms with Gasteiger partial charge in [-0.25, -0.2) is 0 Å². The topological polar surface area (TPSA) is 29.3 Å². The Kier molecular flexibility index (Phi) is 6.35. The van der Waals surface area contributed by atoms with Crippen LogP contribution in [0.15, 0.2) is 0 Å². The zero-order chi connectivity index (χ0) is 10.4. The third-order valence-corrected chi connectivity index (χ3v) is 3.36. The Morgan fingerprint density at radius 3 is 1.92 bits per heavy atom. The van der Waals surface area contributed by atoms with E-state index in [0.29, 0.717) is 18.0 Å². The molecule has 0 aromatic carbocycles. The minimum atomic E-state index is 0.589. The van der Waals surface area contributed by atoms with E-state index in [9.17, 15) is 0 Å². The number of hydrogen-bond donors (Lipinski definition) is 1. The normalized spacial score (nSPS) is 16.6. The molecule has 2 unspecified atom stereocenters. The second-order valence-corrected chi connectivity index (χ2v) is 4.09. The fourth-order valence-electron chi connectivity index (χ4n) is 1.80. The van der Waals surface area contributed by atoms with Gasteiger partial charge in [0.15, 0.2) is 0 Å². The molecule has 0 spiro atoms. The van der Waals surface area contributed by atoms with Crippen molar-refractivity contribution in [3.63, 3.8) is 0 Å². The van der Waals surface area contributed by atoms with Crippen molar-refractivity contribution in [2.75, 3.05) is 13.6 Å².